The highest BCUT2D eigenvalue weighted by molar-refractivity contribution is 6.26. The molecule has 78 heavy (non-hydrogen) atoms. The average molecular weight is 1110 g/mol. The lowest BCUT2D eigenvalue weighted by Gasteiger charge is -2.27. The molecule has 1 aromatic rings. The van der Waals surface area contributed by atoms with E-state index in [0.717, 1.165) is 30.6 Å². The molecule has 2 heterocycles. The monoisotopic (exact) mass is 1110 g/mol. The van der Waals surface area contributed by atoms with Gasteiger partial charge in [-0.15, -0.1) is 0 Å². The zero-order valence-corrected chi connectivity index (χ0v) is 47.0. The van der Waals surface area contributed by atoms with Crippen LogP contribution in [0.4, 0.5) is 5.69 Å². The minimum Gasteiger partial charge on any atom is -0.463 e. The number of hydrogen-bond donors (Lipinski definition) is 2. The maximum atomic E-state index is 13.2. The standard InChI is InChI=1S/C57H95N3O18/c1-2-3-4-5-6-7-8-9-10-11-12-13-16-22-53(63)78-47-46-77-45-44-76-43-42-75-41-40-74-39-38-73-37-36-72-35-34-71-33-32-70-31-30-69-29-28-68-27-26-67-25-17-14-15-21-51(61)58-49-20-18-19-48-54(49)57(66)60(56(48)65)50-23-24-52(62)59-55(50)64/h18-20,50H,2-17,21-47H2,1H3,(H,58,61)(H,59,62,64). The Kier molecular flexibility index (Phi) is 41.8. The van der Waals surface area contributed by atoms with Crippen molar-refractivity contribution in [3.05, 3.63) is 29.3 Å². The summed E-state index contributed by atoms with van der Waals surface area (Å²) in [6.07, 6.45) is 19.6. The Morgan fingerprint density at radius 1 is 0.474 bits per heavy atom. The van der Waals surface area contributed by atoms with Crippen molar-refractivity contribution in [3.8, 4) is 0 Å². The molecular weight excluding hydrogens is 1010 g/mol. The highest BCUT2D eigenvalue weighted by Gasteiger charge is 2.45. The lowest BCUT2D eigenvalue weighted by Crippen LogP contribution is -2.54. The van der Waals surface area contributed by atoms with E-state index in [1.54, 1.807) is 12.1 Å². The molecule has 1 aromatic carbocycles. The summed E-state index contributed by atoms with van der Waals surface area (Å²) < 4.78 is 66.1. The number of imide groups is 2. The normalized spacial score (nSPS) is 14.4. The lowest BCUT2D eigenvalue weighted by atomic mass is 10.0. The molecule has 446 valence electrons. The summed E-state index contributed by atoms with van der Waals surface area (Å²) in [5, 5.41) is 4.91. The molecule has 0 saturated carbocycles. The van der Waals surface area contributed by atoms with Crippen molar-refractivity contribution < 1.29 is 85.6 Å². The molecule has 1 fully saturated rings. The van der Waals surface area contributed by atoms with Crippen LogP contribution in [0.3, 0.4) is 0 Å². The van der Waals surface area contributed by atoms with Crippen molar-refractivity contribution in [1.29, 1.82) is 0 Å². The number of anilines is 1. The molecule has 1 unspecified atom stereocenters. The molecule has 1 atom stereocenters. The third kappa shape index (κ3) is 33.6. The van der Waals surface area contributed by atoms with Gasteiger partial charge in [-0.3, -0.25) is 39.0 Å². The van der Waals surface area contributed by atoms with Gasteiger partial charge in [0.2, 0.25) is 17.7 Å². The van der Waals surface area contributed by atoms with E-state index in [0.29, 0.717) is 158 Å². The summed E-state index contributed by atoms with van der Waals surface area (Å²) in [5.41, 5.74) is 0.373. The first-order valence-corrected chi connectivity index (χ1v) is 29.0. The molecule has 21 heteroatoms. The van der Waals surface area contributed by atoms with Gasteiger partial charge >= 0.3 is 5.97 Å². The number of hydrogen-bond acceptors (Lipinski definition) is 18. The van der Waals surface area contributed by atoms with Gasteiger partial charge in [-0.05, 0) is 37.8 Å². The van der Waals surface area contributed by atoms with Crippen LogP contribution in [0.5, 0.6) is 0 Å². The van der Waals surface area contributed by atoms with Crippen LogP contribution in [0.25, 0.3) is 0 Å². The van der Waals surface area contributed by atoms with Gasteiger partial charge in [-0.2, -0.15) is 0 Å². The predicted molar refractivity (Wildman–Crippen MR) is 290 cm³/mol. The number of carbonyl (C=O) groups excluding carboxylic acids is 6. The Labute approximate surface area is 463 Å². The van der Waals surface area contributed by atoms with Gasteiger partial charge < -0.3 is 62.2 Å². The van der Waals surface area contributed by atoms with Gasteiger partial charge in [0.15, 0.2) is 0 Å². The smallest absolute Gasteiger partial charge is 0.305 e. The van der Waals surface area contributed by atoms with Crippen LogP contribution in [0.15, 0.2) is 18.2 Å². The van der Waals surface area contributed by atoms with Gasteiger partial charge in [0.05, 0.1) is 156 Å². The van der Waals surface area contributed by atoms with E-state index in [1.807, 2.05) is 0 Å². The molecule has 2 N–H and O–H groups in total. The van der Waals surface area contributed by atoms with E-state index in [1.165, 1.54) is 76.7 Å². The van der Waals surface area contributed by atoms with Crippen molar-refractivity contribution in [2.45, 2.75) is 141 Å². The highest BCUT2D eigenvalue weighted by atomic mass is 16.6. The Morgan fingerprint density at radius 2 is 0.859 bits per heavy atom. The summed E-state index contributed by atoms with van der Waals surface area (Å²) in [6.45, 7) is 12.6. The van der Waals surface area contributed by atoms with E-state index in [-0.39, 0.29) is 54.6 Å². The third-order valence-corrected chi connectivity index (χ3v) is 12.6. The van der Waals surface area contributed by atoms with Crippen LogP contribution in [0.2, 0.25) is 0 Å². The van der Waals surface area contributed by atoms with Crippen LogP contribution in [0.1, 0.15) is 156 Å². The topological polar surface area (TPSA) is 240 Å². The minimum absolute atomic E-state index is 0.0248. The molecule has 3 rings (SSSR count). The largest absolute Gasteiger partial charge is 0.463 e. The van der Waals surface area contributed by atoms with E-state index >= 15 is 0 Å². The van der Waals surface area contributed by atoms with Crippen LogP contribution in [0, 0.1) is 0 Å². The van der Waals surface area contributed by atoms with Crippen molar-refractivity contribution in [2.75, 3.05) is 157 Å². The number of esters is 1. The number of piperidine rings is 1. The first-order chi connectivity index (χ1) is 38.3. The van der Waals surface area contributed by atoms with Gasteiger partial charge in [-0.25, -0.2) is 0 Å². The molecule has 2 aliphatic heterocycles. The van der Waals surface area contributed by atoms with Crippen molar-refractivity contribution in [1.82, 2.24) is 10.2 Å². The summed E-state index contributed by atoms with van der Waals surface area (Å²) in [7, 11) is 0. The minimum atomic E-state index is -1.08. The Hall–Kier alpha value is -4.00. The van der Waals surface area contributed by atoms with Crippen molar-refractivity contribution >= 4 is 41.2 Å². The van der Waals surface area contributed by atoms with E-state index in [2.05, 4.69) is 17.6 Å². The number of amides is 5. The Morgan fingerprint density at radius 3 is 1.29 bits per heavy atom. The number of nitrogens with one attached hydrogen (secondary N) is 2. The lowest BCUT2D eigenvalue weighted by molar-refractivity contribution is -0.145. The quantitative estimate of drug-likeness (QED) is 0.0387. The number of ether oxygens (including phenoxy) is 12. The molecule has 0 radical (unpaired) electrons. The average Bonchev–Trinajstić information content (AvgIpc) is 3.94. The fraction of sp³-hybridized carbons (Fsp3) is 0.789. The first kappa shape index (κ1) is 68.3. The molecule has 2 aliphatic rings. The second-order valence-corrected chi connectivity index (χ2v) is 19.0. The third-order valence-electron chi connectivity index (χ3n) is 12.6. The zero-order valence-electron chi connectivity index (χ0n) is 47.0. The summed E-state index contributed by atoms with van der Waals surface area (Å²) in [5.74, 6) is -2.87. The van der Waals surface area contributed by atoms with Gasteiger partial charge in [0, 0.05) is 25.9 Å². The summed E-state index contributed by atoms with van der Waals surface area (Å²) in [4.78, 5) is 75.6. The van der Waals surface area contributed by atoms with Crippen molar-refractivity contribution in [3.63, 3.8) is 0 Å². The zero-order chi connectivity index (χ0) is 55.8. The second kappa shape index (κ2) is 47.8. The van der Waals surface area contributed by atoms with Crippen LogP contribution >= 0.6 is 0 Å². The number of unbranched alkanes of at least 4 members (excludes halogenated alkanes) is 14. The molecule has 21 nitrogen and oxygen atoms in total. The van der Waals surface area contributed by atoms with Crippen LogP contribution in [-0.2, 0) is 76.0 Å². The van der Waals surface area contributed by atoms with Gasteiger partial charge in [0.1, 0.15) is 12.6 Å². The van der Waals surface area contributed by atoms with Crippen LogP contribution in [-0.4, -0.2) is 198 Å². The van der Waals surface area contributed by atoms with E-state index in [9.17, 15) is 28.8 Å². The number of benzene rings is 1. The number of nitrogens with zero attached hydrogens (tertiary/aromatic N) is 1. The van der Waals surface area contributed by atoms with Crippen LogP contribution < -0.4 is 10.6 Å². The Balaban J connectivity index is 0.927. The molecular formula is C57H95N3O18. The summed E-state index contributed by atoms with van der Waals surface area (Å²) >= 11 is 0. The maximum absolute atomic E-state index is 13.2. The van der Waals surface area contributed by atoms with Gasteiger partial charge in [-0.1, -0.05) is 96.5 Å². The number of rotatable bonds is 55. The highest BCUT2D eigenvalue weighted by Crippen LogP contribution is 2.32. The Bertz CT molecular complexity index is 1760. The predicted octanol–water partition coefficient (Wildman–Crippen LogP) is 6.79. The van der Waals surface area contributed by atoms with Gasteiger partial charge in [0.25, 0.3) is 11.8 Å². The fourth-order valence-corrected chi connectivity index (χ4v) is 8.37. The summed E-state index contributed by atoms with van der Waals surface area (Å²) in [6, 6.07) is 3.52. The molecule has 1 saturated heterocycles. The second-order valence-electron chi connectivity index (χ2n) is 19.0. The molecule has 0 aromatic heterocycles. The molecule has 0 spiro atoms. The van der Waals surface area contributed by atoms with E-state index in [4.69, 9.17) is 56.8 Å². The SMILES string of the molecule is CCCCCCCCCCCCCCCC(=O)OCCOCCOCCOCCOCCOCCOCCOCCOCCOCCOCCOCCCCCC(=O)Nc1cccc2c1C(=O)N(C1CCC(=O)NC1=O)C2=O. The molecule has 5 amide bonds. The van der Waals surface area contributed by atoms with E-state index < -0.39 is 29.7 Å². The fourth-order valence-electron chi connectivity index (χ4n) is 8.37. The van der Waals surface area contributed by atoms with Crippen molar-refractivity contribution in [2.24, 2.45) is 0 Å². The number of carbonyl (C=O) groups is 6. The molecule has 0 bridgehead atoms. The number of fused-ring (bicyclic) bond motifs is 1. The first-order valence-electron chi connectivity index (χ1n) is 29.0. The maximum Gasteiger partial charge on any atom is 0.305 e. The molecule has 0 aliphatic carbocycles.